The fourth-order valence-corrected chi connectivity index (χ4v) is 3.91. The van der Waals surface area contributed by atoms with Crippen LogP contribution in [0, 0.1) is 6.92 Å². The second-order valence-electron chi connectivity index (χ2n) is 4.94. The first-order chi connectivity index (χ1) is 10.6. The maximum Gasteiger partial charge on any atom is 0.243 e. The van der Waals surface area contributed by atoms with Crippen molar-refractivity contribution in [2.24, 2.45) is 0 Å². The monoisotopic (exact) mass is 319 g/mol. The maximum absolute atomic E-state index is 13.0. The molecule has 0 bridgehead atoms. The molecule has 0 N–H and O–H groups in total. The Kier molecular flexibility index (Phi) is 5.55. The highest BCUT2D eigenvalue weighted by Crippen LogP contribution is 2.29. The highest BCUT2D eigenvalue weighted by atomic mass is 32.2. The molecule has 0 saturated heterocycles. The van der Waals surface area contributed by atoms with E-state index in [1.807, 2.05) is 44.2 Å². The second-order valence-corrected chi connectivity index (χ2v) is 6.45. The van der Waals surface area contributed by atoms with E-state index in [2.05, 4.69) is 0 Å². The molecule has 2 aromatic rings. The molecule has 1 aromatic carbocycles. The lowest BCUT2D eigenvalue weighted by Gasteiger charge is -2.25. The summed E-state index contributed by atoms with van der Waals surface area (Å²) in [6, 6.07) is 11.0. The zero-order valence-electron chi connectivity index (χ0n) is 13.1. The molecule has 0 radical (unpaired) electrons. The molecule has 118 valence electrons. The van der Waals surface area contributed by atoms with Crippen molar-refractivity contribution in [1.82, 2.24) is 4.90 Å². The number of aryl methyl sites for hydroxylation is 1. The average molecular weight is 319 g/mol. The van der Waals surface area contributed by atoms with Crippen LogP contribution in [0.2, 0.25) is 0 Å². The molecule has 0 unspecified atom stereocenters. The van der Waals surface area contributed by atoms with Crippen molar-refractivity contribution in [1.29, 1.82) is 0 Å². The highest BCUT2D eigenvalue weighted by Gasteiger charge is 2.32. The van der Waals surface area contributed by atoms with Gasteiger partial charge in [-0.05, 0) is 32.4 Å². The molecule has 4 nitrogen and oxygen atoms in total. The molecular formula is C17H21NO3S. The van der Waals surface area contributed by atoms with Crippen molar-refractivity contribution in [2.75, 3.05) is 13.1 Å². The van der Waals surface area contributed by atoms with Crippen molar-refractivity contribution in [3.63, 3.8) is 0 Å². The summed E-state index contributed by atoms with van der Waals surface area (Å²) in [6.45, 7) is 6.81. The predicted octanol–water partition coefficient (Wildman–Crippen LogP) is 3.31. The first-order valence-corrected chi connectivity index (χ1v) is 8.59. The van der Waals surface area contributed by atoms with Gasteiger partial charge in [0.15, 0.2) is 0 Å². The van der Waals surface area contributed by atoms with Crippen molar-refractivity contribution in [3.8, 4) is 0 Å². The normalized spacial score (nSPS) is 13.6. The average Bonchev–Trinajstić information content (AvgIpc) is 2.96. The summed E-state index contributed by atoms with van der Waals surface area (Å²) in [6.07, 6.45) is 1.51. The number of carbonyl (C=O) groups excluding carboxylic acids is 1. The largest absolute Gasteiger partial charge is 0.468 e. The Hall–Kier alpha value is -1.88. The third-order valence-electron chi connectivity index (χ3n) is 3.64. The predicted molar refractivity (Wildman–Crippen MR) is 87.0 cm³/mol. The molecule has 0 spiro atoms. The highest BCUT2D eigenvalue weighted by molar-refractivity contribution is 7.86. The number of carbonyl (C=O) groups is 1. The minimum atomic E-state index is -1.49. The minimum absolute atomic E-state index is 0.116. The topological polar surface area (TPSA) is 50.5 Å². The zero-order chi connectivity index (χ0) is 16.1. The van der Waals surface area contributed by atoms with Crippen LogP contribution in [-0.2, 0) is 15.6 Å². The zero-order valence-corrected chi connectivity index (χ0v) is 13.9. The Morgan fingerprint density at radius 2 is 1.82 bits per heavy atom. The van der Waals surface area contributed by atoms with Gasteiger partial charge in [0, 0.05) is 13.1 Å². The number of likely N-dealkylation sites (N-methyl/N-ethyl adjacent to an activating group) is 1. The number of amides is 1. The fourth-order valence-electron chi connectivity index (χ4n) is 2.40. The lowest BCUT2D eigenvalue weighted by molar-refractivity contribution is -0.130. The van der Waals surface area contributed by atoms with Crippen LogP contribution in [0.25, 0.3) is 0 Å². The summed E-state index contributed by atoms with van der Waals surface area (Å²) in [4.78, 5) is 15.1. The molecule has 0 aliphatic rings. The number of hydrogen-bond donors (Lipinski definition) is 0. The Morgan fingerprint density at radius 3 is 2.32 bits per heavy atom. The second kappa shape index (κ2) is 7.40. The van der Waals surface area contributed by atoms with E-state index in [9.17, 15) is 9.00 Å². The molecule has 2 rings (SSSR count). The van der Waals surface area contributed by atoms with Gasteiger partial charge in [-0.15, -0.1) is 0 Å². The van der Waals surface area contributed by atoms with Crippen molar-refractivity contribution in [2.45, 2.75) is 30.9 Å². The van der Waals surface area contributed by atoms with Gasteiger partial charge in [0.2, 0.25) is 5.91 Å². The van der Waals surface area contributed by atoms with E-state index in [0.29, 0.717) is 23.7 Å². The van der Waals surface area contributed by atoms with E-state index in [4.69, 9.17) is 4.42 Å². The smallest absolute Gasteiger partial charge is 0.243 e. The van der Waals surface area contributed by atoms with Crippen LogP contribution >= 0.6 is 0 Å². The number of benzene rings is 1. The van der Waals surface area contributed by atoms with Gasteiger partial charge >= 0.3 is 0 Å². The van der Waals surface area contributed by atoms with Gasteiger partial charge in [-0.25, -0.2) is 0 Å². The summed E-state index contributed by atoms with van der Waals surface area (Å²) in [5.74, 6) is 0.474. The van der Waals surface area contributed by atoms with Crippen LogP contribution in [0.3, 0.4) is 0 Å². The Bertz CT molecular complexity index is 647. The van der Waals surface area contributed by atoms with Gasteiger partial charge in [0.05, 0.1) is 22.0 Å². The molecule has 5 heteroatoms. The molecule has 22 heavy (non-hydrogen) atoms. The molecule has 0 aliphatic heterocycles. The molecule has 0 fully saturated rings. The summed E-state index contributed by atoms with van der Waals surface area (Å²) >= 11 is 0. The van der Waals surface area contributed by atoms with Crippen LogP contribution in [0.15, 0.2) is 52.0 Å². The van der Waals surface area contributed by atoms with E-state index < -0.39 is 16.0 Å². The Labute approximate surface area is 133 Å². The number of hydrogen-bond acceptors (Lipinski definition) is 3. The van der Waals surface area contributed by atoms with Crippen LogP contribution < -0.4 is 0 Å². The van der Waals surface area contributed by atoms with Crippen LogP contribution in [0.5, 0.6) is 0 Å². The lowest BCUT2D eigenvalue weighted by Crippen LogP contribution is -2.36. The molecule has 1 heterocycles. The number of nitrogens with zero attached hydrogens (tertiary/aromatic N) is 1. The quantitative estimate of drug-likeness (QED) is 0.821. The number of furan rings is 1. The van der Waals surface area contributed by atoms with E-state index in [0.717, 1.165) is 5.56 Å². The Balaban J connectivity index is 2.45. The van der Waals surface area contributed by atoms with Crippen molar-refractivity contribution >= 4 is 16.7 Å². The standard InChI is InChI=1S/C17H21NO3S/c1-4-18(5-2)17(19)16(14-9-7-6-8-10-14)22(20)15-11-12-21-13(15)3/h6-12,16H,4-5H2,1-3H3/t16-,22+/m1/s1. The van der Waals surface area contributed by atoms with Gasteiger partial charge in [-0.2, -0.15) is 0 Å². The number of rotatable bonds is 6. The first-order valence-electron chi connectivity index (χ1n) is 7.38. The summed E-state index contributed by atoms with van der Waals surface area (Å²) < 4.78 is 18.3. The molecule has 0 aliphatic carbocycles. The third kappa shape index (κ3) is 3.30. The van der Waals surface area contributed by atoms with Crippen molar-refractivity contribution in [3.05, 3.63) is 54.0 Å². The van der Waals surface area contributed by atoms with Gasteiger partial charge < -0.3 is 9.32 Å². The lowest BCUT2D eigenvalue weighted by atomic mass is 10.1. The molecule has 1 aromatic heterocycles. The molecular weight excluding hydrogens is 298 g/mol. The van der Waals surface area contributed by atoms with Crippen LogP contribution in [0.1, 0.15) is 30.4 Å². The van der Waals surface area contributed by atoms with E-state index in [-0.39, 0.29) is 5.91 Å². The van der Waals surface area contributed by atoms with Crippen molar-refractivity contribution < 1.29 is 13.4 Å². The Morgan fingerprint density at radius 1 is 1.18 bits per heavy atom. The van der Waals surface area contributed by atoms with E-state index in [1.165, 1.54) is 6.26 Å². The molecule has 0 saturated carbocycles. The third-order valence-corrected chi connectivity index (χ3v) is 5.40. The van der Waals surface area contributed by atoms with E-state index >= 15 is 0 Å². The van der Waals surface area contributed by atoms with Gasteiger partial charge in [-0.1, -0.05) is 30.3 Å². The van der Waals surface area contributed by atoms with Gasteiger partial charge in [-0.3, -0.25) is 9.00 Å². The summed E-state index contributed by atoms with van der Waals surface area (Å²) in [5, 5.41) is -0.711. The van der Waals surface area contributed by atoms with E-state index in [1.54, 1.807) is 17.9 Å². The molecule has 2 atom stereocenters. The maximum atomic E-state index is 13.0. The van der Waals surface area contributed by atoms with Gasteiger partial charge in [0.1, 0.15) is 11.0 Å². The van der Waals surface area contributed by atoms with Gasteiger partial charge in [0.25, 0.3) is 0 Å². The summed E-state index contributed by atoms with van der Waals surface area (Å²) in [5.41, 5.74) is 0.762. The van der Waals surface area contributed by atoms with Crippen LogP contribution in [-0.4, -0.2) is 28.1 Å². The van der Waals surface area contributed by atoms with Crippen LogP contribution in [0.4, 0.5) is 0 Å². The summed E-state index contributed by atoms with van der Waals surface area (Å²) in [7, 11) is -1.49. The first kappa shape index (κ1) is 16.5. The SMILES string of the molecule is CCN(CC)C(=O)[C@@H](c1ccccc1)[S@@](=O)c1ccoc1C. The molecule has 1 amide bonds. The fraction of sp³-hybridized carbons (Fsp3) is 0.353. The minimum Gasteiger partial charge on any atom is -0.468 e.